The van der Waals surface area contributed by atoms with Crippen LogP contribution in [-0.2, 0) is 6.54 Å². The number of aromatic nitrogens is 2. The minimum absolute atomic E-state index is 0.143. The van der Waals surface area contributed by atoms with Crippen molar-refractivity contribution in [2.75, 3.05) is 7.05 Å². The van der Waals surface area contributed by atoms with Crippen molar-refractivity contribution in [3.63, 3.8) is 0 Å². The van der Waals surface area contributed by atoms with Gasteiger partial charge < -0.3 is 9.88 Å². The smallest absolute Gasteiger partial charge is 0.260 e. The van der Waals surface area contributed by atoms with E-state index in [-0.39, 0.29) is 17.0 Å². The van der Waals surface area contributed by atoms with Gasteiger partial charge in [0.15, 0.2) is 0 Å². The highest BCUT2D eigenvalue weighted by Gasteiger charge is 2.15. The summed E-state index contributed by atoms with van der Waals surface area (Å²) in [6, 6.07) is 8.77. The van der Waals surface area contributed by atoms with E-state index >= 15 is 0 Å². The summed E-state index contributed by atoms with van der Waals surface area (Å²) in [6.07, 6.45) is 1.67. The van der Waals surface area contributed by atoms with Gasteiger partial charge in [-0.3, -0.25) is 14.6 Å². The van der Waals surface area contributed by atoms with Crippen LogP contribution in [0.5, 0.6) is 0 Å². The van der Waals surface area contributed by atoms with E-state index in [1.807, 2.05) is 18.2 Å². The molecule has 2 rings (SSSR count). The molecule has 0 aliphatic carbocycles. The van der Waals surface area contributed by atoms with Crippen LogP contribution in [0.25, 0.3) is 0 Å². The molecular formula is C14H15N3O2. The van der Waals surface area contributed by atoms with E-state index in [2.05, 4.69) is 9.97 Å². The molecule has 0 radical (unpaired) electrons. The van der Waals surface area contributed by atoms with Crippen LogP contribution in [0.2, 0.25) is 0 Å². The van der Waals surface area contributed by atoms with Crippen molar-refractivity contribution in [2.24, 2.45) is 0 Å². The summed E-state index contributed by atoms with van der Waals surface area (Å²) in [6.45, 7) is 2.14. The second-order valence-electron chi connectivity index (χ2n) is 4.37. The van der Waals surface area contributed by atoms with E-state index in [0.29, 0.717) is 6.54 Å². The molecule has 5 nitrogen and oxygen atoms in total. The third kappa shape index (κ3) is 3.07. The molecule has 0 aliphatic rings. The molecule has 0 bridgehead atoms. The largest absolute Gasteiger partial charge is 0.336 e. The van der Waals surface area contributed by atoms with Crippen LogP contribution >= 0.6 is 0 Å². The van der Waals surface area contributed by atoms with E-state index in [1.165, 1.54) is 4.90 Å². The van der Waals surface area contributed by atoms with Gasteiger partial charge in [0.25, 0.3) is 11.5 Å². The molecule has 1 N–H and O–H groups in total. The SMILES string of the molecule is Cc1ccc(C(=O)N(C)Cc2ccccn2)c(=O)[nH]1. The van der Waals surface area contributed by atoms with Gasteiger partial charge in [-0.2, -0.15) is 0 Å². The Bertz CT molecular complexity index is 635. The maximum Gasteiger partial charge on any atom is 0.260 e. The minimum atomic E-state index is -0.363. The fourth-order valence-electron chi connectivity index (χ4n) is 1.75. The summed E-state index contributed by atoms with van der Waals surface area (Å²) < 4.78 is 0. The molecule has 0 fully saturated rings. The highest BCUT2D eigenvalue weighted by atomic mass is 16.2. The van der Waals surface area contributed by atoms with Gasteiger partial charge in [-0.05, 0) is 31.2 Å². The monoisotopic (exact) mass is 257 g/mol. The first-order chi connectivity index (χ1) is 9.08. The number of nitrogens with zero attached hydrogens (tertiary/aromatic N) is 2. The van der Waals surface area contributed by atoms with Gasteiger partial charge in [0.05, 0.1) is 12.2 Å². The number of carbonyl (C=O) groups is 1. The van der Waals surface area contributed by atoms with Crippen molar-refractivity contribution in [3.8, 4) is 0 Å². The summed E-state index contributed by atoms with van der Waals surface area (Å²) in [7, 11) is 1.65. The second kappa shape index (κ2) is 5.48. The van der Waals surface area contributed by atoms with Crippen LogP contribution in [0.15, 0.2) is 41.3 Å². The number of amides is 1. The Morgan fingerprint density at radius 2 is 2.11 bits per heavy atom. The van der Waals surface area contributed by atoms with E-state index in [0.717, 1.165) is 11.4 Å². The lowest BCUT2D eigenvalue weighted by Crippen LogP contribution is -2.31. The van der Waals surface area contributed by atoms with E-state index in [1.54, 1.807) is 32.3 Å². The summed E-state index contributed by atoms with van der Waals surface area (Å²) in [5, 5.41) is 0. The van der Waals surface area contributed by atoms with Crippen molar-refractivity contribution in [1.29, 1.82) is 0 Å². The van der Waals surface area contributed by atoms with Crippen molar-refractivity contribution in [1.82, 2.24) is 14.9 Å². The van der Waals surface area contributed by atoms with Gasteiger partial charge in [-0.25, -0.2) is 0 Å². The third-order valence-corrected chi connectivity index (χ3v) is 2.76. The number of rotatable bonds is 3. The first-order valence-corrected chi connectivity index (χ1v) is 5.93. The molecule has 2 heterocycles. The fraction of sp³-hybridized carbons (Fsp3) is 0.214. The van der Waals surface area contributed by atoms with Gasteiger partial charge >= 0.3 is 0 Å². The first-order valence-electron chi connectivity index (χ1n) is 5.93. The standard InChI is InChI=1S/C14H15N3O2/c1-10-6-7-12(13(18)16-10)14(19)17(2)9-11-5-3-4-8-15-11/h3-8H,9H2,1-2H3,(H,16,18). The molecule has 5 heteroatoms. The predicted molar refractivity (Wildman–Crippen MR) is 71.8 cm³/mol. The van der Waals surface area contributed by atoms with Crippen LogP contribution in [0.1, 0.15) is 21.7 Å². The number of H-pyrrole nitrogens is 1. The van der Waals surface area contributed by atoms with Crippen LogP contribution in [0.4, 0.5) is 0 Å². The van der Waals surface area contributed by atoms with Crippen molar-refractivity contribution in [3.05, 3.63) is 63.8 Å². The molecule has 0 unspecified atom stereocenters. The maximum atomic E-state index is 12.2. The number of pyridine rings is 2. The molecular weight excluding hydrogens is 242 g/mol. The number of aromatic amines is 1. The summed E-state index contributed by atoms with van der Waals surface area (Å²) in [4.78, 5) is 32.1. The van der Waals surface area contributed by atoms with Crippen LogP contribution in [-0.4, -0.2) is 27.8 Å². The zero-order chi connectivity index (χ0) is 13.8. The van der Waals surface area contributed by atoms with Gasteiger partial charge in [0, 0.05) is 18.9 Å². The average Bonchev–Trinajstić information content (AvgIpc) is 2.39. The lowest BCUT2D eigenvalue weighted by Gasteiger charge is -2.16. The van der Waals surface area contributed by atoms with Crippen molar-refractivity contribution >= 4 is 5.91 Å². The van der Waals surface area contributed by atoms with Crippen molar-refractivity contribution < 1.29 is 4.79 Å². The highest BCUT2D eigenvalue weighted by Crippen LogP contribution is 2.03. The average molecular weight is 257 g/mol. The first kappa shape index (κ1) is 13.0. The molecule has 98 valence electrons. The van der Waals surface area contributed by atoms with Crippen molar-refractivity contribution in [2.45, 2.75) is 13.5 Å². The molecule has 0 atom stereocenters. The lowest BCUT2D eigenvalue weighted by molar-refractivity contribution is 0.0781. The second-order valence-corrected chi connectivity index (χ2v) is 4.37. The molecule has 0 saturated carbocycles. The molecule has 2 aromatic heterocycles. The van der Waals surface area contributed by atoms with Crippen LogP contribution in [0.3, 0.4) is 0 Å². The Hall–Kier alpha value is -2.43. The van der Waals surface area contributed by atoms with E-state index < -0.39 is 0 Å². The molecule has 0 aliphatic heterocycles. The van der Waals surface area contributed by atoms with Gasteiger partial charge in [0.2, 0.25) is 0 Å². The Morgan fingerprint density at radius 1 is 1.32 bits per heavy atom. The Morgan fingerprint density at radius 3 is 2.74 bits per heavy atom. The van der Waals surface area contributed by atoms with E-state index in [4.69, 9.17) is 0 Å². The number of hydrogen-bond donors (Lipinski definition) is 1. The quantitative estimate of drug-likeness (QED) is 0.902. The summed E-state index contributed by atoms with van der Waals surface area (Å²) >= 11 is 0. The van der Waals surface area contributed by atoms with Crippen LogP contribution < -0.4 is 5.56 Å². The molecule has 0 spiro atoms. The molecule has 2 aromatic rings. The van der Waals surface area contributed by atoms with Gasteiger partial charge in [-0.1, -0.05) is 6.07 Å². The molecule has 1 amide bonds. The molecule has 0 saturated heterocycles. The predicted octanol–water partition coefficient (Wildman–Crippen LogP) is 1.35. The highest BCUT2D eigenvalue weighted by molar-refractivity contribution is 5.93. The van der Waals surface area contributed by atoms with E-state index in [9.17, 15) is 9.59 Å². The topological polar surface area (TPSA) is 66.1 Å². The van der Waals surface area contributed by atoms with Gasteiger partial charge in [-0.15, -0.1) is 0 Å². The Labute approximate surface area is 110 Å². The van der Waals surface area contributed by atoms with Gasteiger partial charge in [0.1, 0.15) is 5.56 Å². The zero-order valence-corrected chi connectivity index (χ0v) is 10.9. The maximum absolute atomic E-state index is 12.2. The van der Waals surface area contributed by atoms with Crippen LogP contribution in [0, 0.1) is 6.92 Å². The number of carbonyl (C=O) groups excluding carboxylic acids is 1. The number of nitrogens with one attached hydrogen (secondary N) is 1. The summed E-state index contributed by atoms with van der Waals surface area (Å²) in [5.41, 5.74) is 1.29. The normalized spacial score (nSPS) is 10.2. The Kier molecular flexibility index (Phi) is 3.75. The molecule has 0 aromatic carbocycles. The molecule has 19 heavy (non-hydrogen) atoms. The third-order valence-electron chi connectivity index (χ3n) is 2.76. The fourth-order valence-corrected chi connectivity index (χ4v) is 1.75. The zero-order valence-electron chi connectivity index (χ0n) is 10.9. The number of hydrogen-bond acceptors (Lipinski definition) is 3. The summed E-state index contributed by atoms with van der Waals surface area (Å²) in [5.74, 6) is -0.313. The lowest BCUT2D eigenvalue weighted by atomic mass is 10.2. The number of aryl methyl sites for hydroxylation is 1. The minimum Gasteiger partial charge on any atom is -0.336 e. The Balaban J connectivity index is 2.17.